The van der Waals surface area contributed by atoms with Crippen LogP contribution in [0.5, 0.6) is 0 Å². The molecule has 1 heterocycles. The lowest BCUT2D eigenvalue weighted by Gasteiger charge is -2.15. The molecule has 0 bridgehead atoms. The fourth-order valence-corrected chi connectivity index (χ4v) is 2.00. The van der Waals surface area contributed by atoms with Gasteiger partial charge in [0.15, 0.2) is 0 Å². The lowest BCUT2D eigenvalue weighted by molar-refractivity contribution is 0.608. The van der Waals surface area contributed by atoms with Crippen LogP contribution >= 0.6 is 11.6 Å². The summed E-state index contributed by atoms with van der Waals surface area (Å²) in [6, 6.07) is 6.21. The van der Waals surface area contributed by atoms with Crippen LogP contribution in [0.25, 0.3) is 0 Å². The van der Waals surface area contributed by atoms with Crippen LogP contribution in [0, 0.1) is 6.92 Å². The number of nitrogens with zero attached hydrogens (tertiary/aromatic N) is 2. The summed E-state index contributed by atoms with van der Waals surface area (Å²) in [6.07, 6.45) is 3.74. The molecule has 1 aromatic heterocycles. The topological polar surface area (TPSA) is 29.9 Å². The van der Waals surface area contributed by atoms with Gasteiger partial charge in [0.25, 0.3) is 0 Å². The second-order valence-electron chi connectivity index (χ2n) is 4.31. The van der Waals surface area contributed by atoms with Crippen molar-refractivity contribution in [3.63, 3.8) is 0 Å². The minimum atomic E-state index is 0.364. The van der Waals surface area contributed by atoms with Crippen LogP contribution in [0.2, 0.25) is 5.02 Å². The molecule has 0 saturated heterocycles. The Balaban J connectivity index is 2.35. The van der Waals surface area contributed by atoms with Gasteiger partial charge in [-0.2, -0.15) is 0 Å². The molecule has 1 N–H and O–H groups in total. The molecule has 0 unspecified atom stereocenters. The molecule has 0 radical (unpaired) electrons. The monoisotopic (exact) mass is 249 g/mol. The first-order valence-corrected chi connectivity index (χ1v) is 6.02. The molecule has 0 saturated carbocycles. The van der Waals surface area contributed by atoms with Crippen molar-refractivity contribution in [3.05, 3.63) is 41.2 Å². The predicted octanol–water partition coefficient (Wildman–Crippen LogP) is 4.17. The third kappa shape index (κ3) is 2.44. The van der Waals surface area contributed by atoms with Crippen molar-refractivity contribution >= 4 is 23.2 Å². The SMILES string of the molecule is Cc1cccc(Cl)c1Nc1nccn1C(C)C. The van der Waals surface area contributed by atoms with Crippen molar-refractivity contribution in [3.8, 4) is 0 Å². The molecular weight excluding hydrogens is 234 g/mol. The van der Waals surface area contributed by atoms with Gasteiger partial charge in [-0.25, -0.2) is 4.98 Å². The molecule has 17 heavy (non-hydrogen) atoms. The highest BCUT2D eigenvalue weighted by Crippen LogP contribution is 2.28. The zero-order chi connectivity index (χ0) is 12.4. The maximum Gasteiger partial charge on any atom is 0.207 e. The van der Waals surface area contributed by atoms with Gasteiger partial charge in [0.2, 0.25) is 5.95 Å². The third-order valence-electron chi connectivity index (χ3n) is 2.68. The lowest BCUT2D eigenvalue weighted by atomic mass is 10.2. The summed E-state index contributed by atoms with van der Waals surface area (Å²) in [6.45, 7) is 6.26. The van der Waals surface area contributed by atoms with Crippen molar-refractivity contribution in [1.29, 1.82) is 0 Å². The summed E-state index contributed by atoms with van der Waals surface area (Å²) in [7, 11) is 0. The maximum absolute atomic E-state index is 6.18. The number of anilines is 2. The van der Waals surface area contributed by atoms with Gasteiger partial charge in [-0.05, 0) is 32.4 Å². The van der Waals surface area contributed by atoms with E-state index >= 15 is 0 Å². The number of hydrogen-bond acceptors (Lipinski definition) is 2. The fourth-order valence-electron chi connectivity index (χ4n) is 1.73. The Morgan fingerprint density at radius 2 is 2.12 bits per heavy atom. The van der Waals surface area contributed by atoms with Crippen LogP contribution in [0.15, 0.2) is 30.6 Å². The van der Waals surface area contributed by atoms with E-state index < -0.39 is 0 Å². The highest BCUT2D eigenvalue weighted by atomic mass is 35.5. The van der Waals surface area contributed by atoms with Gasteiger partial charge in [-0.3, -0.25) is 0 Å². The lowest BCUT2D eigenvalue weighted by Crippen LogP contribution is -2.06. The first-order chi connectivity index (χ1) is 8.09. The molecular formula is C13H16ClN3. The molecule has 0 amide bonds. The van der Waals surface area contributed by atoms with Gasteiger partial charge < -0.3 is 9.88 Å². The Morgan fingerprint density at radius 1 is 1.35 bits per heavy atom. The van der Waals surface area contributed by atoms with E-state index in [0.29, 0.717) is 11.1 Å². The van der Waals surface area contributed by atoms with Crippen molar-refractivity contribution in [2.24, 2.45) is 0 Å². The number of imidazole rings is 1. The molecule has 2 aromatic rings. The van der Waals surface area contributed by atoms with E-state index in [1.165, 1.54) is 0 Å². The van der Waals surface area contributed by atoms with Crippen LogP contribution in [0.3, 0.4) is 0 Å². The molecule has 0 atom stereocenters. The van der Waals surface area contributed by atoms with E-state index in [1.807, 2.05) is 31.3 Å². The molecule has 3 nitrogen and oxygen atoms in total. The average Bonchev–Trinajstić information content (AvgIpc) is 2.72. The zero-order valence-corrected chi connectivity index (χ0v) is 11.0. The quantitative estimate of drug-likeness (QED) is 0.885. The Hall–Kier alpha value is -1.48. The average molecular weight is 250 g/mol. The number of aromatic nitrogens is 2. The van der Waals surface area contributed by atoms with Crippen LogP contribution in [0.4, 0.5) is 11.6 Å². The smallest absolute Gasteiger partial charge is 0.207 e. The second kappa shape index (κ2) is 4.80. The highest BCUT2D eigenvalue weighted by molar-refractivity contribution is 6.33. The third-order valence-corrected chi connectivity index (χ3v) is 3.00. The Bertz CT molecular complexity index is 497. The van der Waals surface area contributed by atoms with Crippen LogP contribution < -0.4 is 5.32 Å². The van der Waals surface area contributed by atoms with Gasteiger partial charge in [-0.1, -0.05) is 23.7 Å². The molecule has 4 heteroatoms. The van der Waals surface area contributed by atoms with E-state index in [1.54, 1.807) is 6.20 Å². The molecule has 0 aliphatic carbocycles. The number of aryl methyl sites for hydroxylation is 1. The van der Waals surface area contributed by atoms with E-state index in [9.17, 15) is 0 Å². The van der Waals surface area contributed by atoms with E-state index in [2.05, 4.69) is 28.7 Å². The van der Waals surface area contributed by atoms with Crippen LogP contribution in [0.1, 0.15) is 25.5 Å². The van der Waals surface area contributed by atoms with Crippen molar-refractivity contribution in [2.45, 2.75) is 26.8 Å². The molecule has 90 valence electrons. The molecule has 0 aliphatic heterocycles. The Kier molecular flexibility index (Phi) is 3.38. The van der Waals surface area contributed by atoms with Gasteiger partial charge in [0, 0.05) is 18.4 Å². The molecule has 0 aliphatic rings. The molecule has 1 aromatic carbocycles. The maximum atomic E-state index is 6.18. The van der Waals surface area contributed by atoms with Gasteiger partial charge in [0.1, 0.15) is 0 Å². The Labute approximate surface area is 106 Å². The predicted molar refractivity (Wildman–Crippen MR) is 72.1 cm³/mol. The summed E-state index contributed by atoms with van der Waals surface area (Å²) < 4.78 is 2.07. The van der Waals surface area contributed by atoms with Gasteiger partial charge in [-0.15, -0.1) is 0 Å². The van der Waals surface area contributed by atoms with Crippen LogP contribution in [-0.4, -0.2) is 9.55 Å². The number of hydrogen-bond donors (Lipinski definition) is 1. The van der Waals surface area contributed by atoms with Gasteiger partial charge >= 0.3 is 0 Å². The standard InChI is InChI=1S/C13H16ClN3/c1-9(2)17-8-7-15-13(17)16-12-10(3)5-4-6-11(12)14/h4-9H,1-3H3,(H,15,16). The molecule has 0 fully saturated rings. The van der Waals surface area contributed by atoms with E-state index in [-0.39, 0.29) is 0 Å². The first-order valence-electron chi connectivity index (χ1n) is 5.64. The highest BCUT2D eigenvalue weighted by Gasteiger charge is 2.09. The number of benzene rings is 1. The first kappa shape index (κ1) is 12.0. The normalized spacial score (nSPS) is 10.9. The van der Waals surface area contributed by atoms with Crippen molar-refractivity contribution in [2.75, 3.05) is 5.32 Å². The number of nitrogens with one attached hydrogen (secondary N) is 1. The van der Waals surface area contributed by atoms with Crippen molar-refractivity contribution in [1.82, 2.24) is 9.55 Å². The van der Waals surface area contributed by atoms with Gasteiger partial charge in [0.05, 0.1) is 10.7 Å². The van der Waals surface area contributed by atoms with E-state index in [4.69, 9.17) is 11.6 Å². The number of rotatable bonds is 3. The number of halogens is 1. The fraction of sp³-hybridized carbons (Fsp3) is 0.308. The van der Waals surface area contributed by atoms with Crippen LogP contribution in [-0.2, 0) is 0 Å². The number of para-hydroxylation sites is 1. The molecule has 2 rings (SSSR count). The zero-order valence-electron chi connectivity index (χ0n) is 10.2. The second-order valence-corrected chi connectivity index (χ2v) is 4.72. The molecule has 0 spiro atoms. The van der Waals surface area contributed by atoms with Crippen molar-refractivity contribution < 1.29 is 0 Å². The minimum Gasteiger partial charge on any atom is -0.324 e. The summed E-state index contributed by atoms with van der Waals surface area (Å²) in [5, 5.41) is 4.00. The summed E-state index contributed by atoms with van der Waals surface area (Å²) in [5.41, 5.74) is 2.03. The summed E-state index contributed by atoms with van der Waals surface area (Å²) >= 11 is 6.18. The Morgan fingerprint density at radius 3 is 2.76 bits per heavy atom. The largest absolute Gasteiger partial charge is 0.324 e. The van der Waals surface area contributed by atoms with E-state index in [0.717, 1.165) is 17.2 Å². The minimum absolute atomic E-state index is 0.364. The summed E-state index contributed by atoms with van der Waals surface area (Å²) in [5.74, 6) is 0.816. The summed E-state index contributed by atoms with van der Waals surface area (Å²) in [4.78, 5) is 4.31.